The van der Waals surface area contributed by atoms with Gasteiger partial charge in [-0.2, -0.15) is 0 Å². The molecule has 2 heteroatoms. The molecular formula is C16H15NO. The molecule has 0 spiro atoms. The molecule has 0 bridgehead atoms. The van der Waals surface area contributed by atoms with E-state index in [9.17, 15) is 5.11 Å². The highest BCUT2D eigenvalue weighted by Gasteiger charge is 2.13. The number of rotatable bonds is 2. The van der Waals surface area contributed by atoms with Crippen molar-refractivity contribution >= 4 is 21.5 Å². The molecule has 3 N–H and O–H groups in total. The molecular weight excluding hydrogens is 222 g/mol. The smallest absolute Gasteiger partial charge is 0.0624 e. The van der Waals surface area contributed by atoms with Crippen molar-refractivity contribution < 1.29 is 5.11 Å². The summed E-state index contributed by atoms with van der Waals surface area (Å²) in [4.78, 5) is 0. The minimum absolute atomic E-state index is 0.0436. The quantitative estimate of drug-likeness (QED) is 0.673. The van der Waals surface area contributed by atoms with Gasteiger partial charge in [0.25, 0.3) is 0 Å². The van der Waals surface area contributed by atoms with Crippen LogP contribution in [-0.2, 0) is 0 Å². The average Bonchev–Trinajstić information content (AvgIpc) is 2.44. The Balaban J connectivity index is 2.49. The number of hydrogen-bond acceptors (Lipinski definition) is 2. The molecule has 0 heterocycles. The maximum Gasteiger partial charge on any atom is 0.0624 e. The maximum atomic E-state index is 9.38. The second kappa shape index (κ2) is 4.41. The molecule has 0 aromatic heterocycles. The highest BCUT2D eigenvalue weighted by Crippen LogP contribution is 2.31. The fourth-order valence-electron chi connectivity index (χ4n) is 2.54. The first-order chi connectivity index (χ1) is 8.81. The lowest BCUT2D eigenvalue weighted by atomic mass is 9.93. The average molecular weight is 237 g/mol. The van der Waals surface area contributed by atoms with Gasteiger partial charge in [-0.15, -0.1) is 0 Å². The lowest BCUT2D eigenvalue weighted by Crippen LogP contribution is -2.15. The van der Waals surface area contributed by atoms with Crippen molar-refractivity contribution in [1.29, 1.82) is 0 Å². The summed E-state index contributed by atoms with van der Waals surface area (Å²) in [5, 5.41) is 14.0. The van der Waals surface area contributed by atoms with Crippen LogP contribution in [0.2, 0.25) is 0 Å². The topological polar surface area (TPSA) is 46.2 Å². The summed E-state index contributed by atoms with van der Waals surface area (Å²) in [5.74, 6) is 0. The van der Waals surface area contributed by atoms with E-state index in [2.05, 4.69) is 30.3 Å². The second-order valence-corrected chi connectivity index (χ2v) is 4.52. The van der Waals surface area contributed by atoms with Crippen LogP contribution in [0.3, 0.4) is 0 Å². The Labute approximate surface area is 106 Å². The highest BCUT2D eigenvalue weighted by molar-refractivity contribution is 6.02. The van der Waals surface area contributed by atoms with Gasteiger partial charge in [-0.1, -0.05) is 48.5 Å². The van der Waals surface area contributed by atoms with E-state index in [4.69, 9.17) is 5.73 Å². The summed E-state index contributed by atoms with van der Waals surface area (Å²) in [6.45, 7) is -0.0436. The van der Waals surface area contributed by atoms with Crippen LogP contribution in [0.1, 0.15) is 11.6 Å². The van der Waals surface area contributed by atoms with Crippen LogP contribution < -0.4 is 5.73 Å². The van der Waals surface area contributed by atoms with Crippen LogP contribution in [0, 0.1) is 0 Å². The van der Waals surface area contributed by atoms with Crippen LogP contribution in [0.15, 0.2) is 54.6 Å². The van der Waals surface area contributed by atoms with Gasteiger partial charge in [0.2, 0.25) is 0 Å². The van der Waals surface area contributed by atoms with Gasteiger partial charge in [0.15, 0.2) is 0 Å². The summed E-state index contributed by atoms with van der Waals surface area (Å²) in [6.07, 6.45) is 0. The second-order valence-electron chi connectivity index (χ2n) is 4.52. The van der Waals surface area contributed by atoms with Gasteiger partial charge in [-0.05, 0) is 33.2 Å². The van der Waals surface area contributed by atoms with E-state index in [1.165, 1.54) is 0 Å². The number of hydrogen-bond donors (Lipinski definition) is 2. The molecule has 0 aliphatic rings. The van der Waals surface area contributed by atoms with E-state index in [1.54, 1.807) is 0 Å². The summed E-state index contributed by atoms with van der Waals surface area (Å²) >= 11 is 0. The Morgan fingerprint density at radius 1 is 0.889 bits per heavy atom. The Bertz CT molecular complexity index is 652. The molecule has 0 radical (unpaired) electrons. The lowest BCUT2D eigenvalue weighted by Gasteiger charge is -2.16. The molecule has 0 amide bonds. The Morgan fingerprint density at radius 3 is 1.89 bits per heavy atom. The third-order valence-corrected chi connectivity index (χ3v) is 3.38. The van der Waals surface area contributed by atoms with Crippen molar-refractivity contribution in [1.82, 2.24) is 0 Å². The largest absolute Gasteiger partial charge is 0.394 e. The predicted molar refractivity (Wildman–Crippen MR) is 75.5 cm³/mol. The molecule has 90 valence electrons. The van der Waals surface area contributed by atoms with Crippen LogP contribution in [-0.4, -0.2) is 11.7 Å². The molecule has 3 rings (SSSR count). The van der Waals surface area contributed by atoms with Crippen molar-refractivity contribution in [3.63, 3.8) is 0 Å². The van der Waals surface area contributed by atoms with Crippen molar-refractivity contribution in [3.05, 3.63) is 60.2 Å². The first-order valence-corrected chi connectivity index (χ1v) is 6.08. The van der Waals surface area contributed by atoms with E-state index in [-0.39, 0.29) is 12.6 Å². The third-order valence-electron chi connectivity index (χ3n) is 3.38. The number of aliphatic hydroxyl groups excluding tert-OH is 1. The molecule has 2 nitrogen and oxygen atoms in total. The van der Waals surface area contributed by atoms with Gasteiger partial charge in [-0.25, -0.2) is 0 Å². The van der Waals surface area contributed by atoms with Crippen molar-refractivity contribution in [2.24, 2.45) is 5.73 Å². The molecule has 18 heavy (non-hydrogen) atoms. The summed E-state index contributed by atoms with van der Waals surface area (Å²) < 4.78 is 0. The van der Waals surface area contributed by atoms with Crippen LogP contribution in [0.4, 0.5) is 0 Å². The normalized spacial score (nSPS) is 13.0. The van der Waals surface area contributed by atoms with Crippen LogP contribution >= 0.6 is 0 Å². The summed E-state index contributed by atoms with van der Waals surface area (Å²) in [5.41, 5.74) is 7.11. The predicted octanol–water partition coefficient (Wildman–Crippen LogP) is 2.99. The SMILES string of the molecule is N[C@@H](CO)c1c2ccccc2cc2ccccc12. The lowest BCUT2D eigenvalue weighted by molar-refractivity contribution is 0.269. The molecule has 0 saturated heterocycles. The fourth-order valence-corrected chi connectivity index (χ4v) is 2.54. The summed E-state index contributed by atoms with van der Waals surface area (Å²) in [7, 11) is 0. The first-order valence-electron chi connectivity index (χ1n) is 6.08. The van der Waals surface area contributed by atoms with Gasteiger partial charge >= 0.3 is 0 Å². The van der Waals surface area contributed by atoms with Gasteiger partial charge in [-0.3, -0.25) is 0 Å². The Morgan fingerprint density at radius 2 is 1.39 bits per heavy atom. The van der Waals surface area contributed by atoms with Gasteiger partial charge in [0.1, 0.15) is 0 Å². The zero-order valence-corrected chi connectivity index (χ0v) is 10.0. The van der Waals surface area contributed by atoms with Crippen molar-refractivity contribution in [2.75, 3.05) is 6.61 Å². The van der Waals surface area contributed by atoms with Crippen LogP contribution in [0.5, 0.6) is 0 Å². The van der Waals surface area contributed by atoms with E-state index in [0.717, 1.165) is 27.1 Å². The highest BCUT2D eigenvalue weighted by atomic mass is 16.3. The minimum Gasteiger partial charge on any atom is -0.394 e. The van der Waals surface area contributed by atoms with Crippen molar-refractivity contribution in [2.45, 2.75) is 6.04 Å². The van der Waals surface area contributed by atoms with E-state index < -0.39 is 0 Å². The fraction of sp³-hybridized carbons (Fsp3) is 0.125. The standard InChI is InChI=1S/C16H15NO/c17-15(10-18)16-13-7-3-1-5-11(13)9-12-6-2-4-8-14(12)16/h1-9,15,18H,10,17H2/t15-/m0/s1. The Hall–Kier alpha value is -1.90. The maximum absolute atomic E-state index is 9.38. The van der Waals surface area contributed by atoms with E-state index in [0.29, 0.717) is 0 Å². The zero-order chi connectivity index (χ0) is 12.5. The number of aliphatic hydroxyl groups is 1. The molecule has 1 atom stereocenters. The zero-order valence-electron chi connectivity index (χ0n) is 10.0. The third kappa shape index (κ3) is 1.67. The monoisotopic (exact) mass is 237 g/mol. The summed E-state index contributed by atoms with van der Waals surface area (Å²) in [6, 6.07) is 18.1. The molecule has 0 aliphatic heterocycles. The number of benzene rings is 3. The molecule has 3 aromatic rings. The van der Waals surface area contributed by atoms with E-state index >= 15 is 0 Å². The van der Waals surface area contributed by atoms with Gasteiger partial charge < -0.3 is 10.8 Å². The van der Waals surface area contributed by atoms with E-state index in [1.807, 2.05) is 24.3 Å². The number of nitrogens with two attached hydrogens (primary N) is 1. The molecule has 0 aliphatic carbocycles. The van der Waals surface area contributed by atoms with Crippen molar-refractivity contribution in [3.8, 4) is 0 Å². The first kappa shape index (κ1) is 11.2. The van der Waals surface area contributed by atoms with Gasteiger partial charge in [0.05, 0.1) is 12.6 Å². The molecule has 3 aromatic carbocycles. The molecule has 0 fully saturated rings. The molecule has 0 unspecified atom stereocenters. The molecule has 0 saturated carbocycles. The Kier molecular flexibility index (Phi) is 2.74. The van der Waals surface area contributed by atoms with Crippen LogP contribution in [0.25, 0.3) is 21.5 Å². The number of fused-ring (bicyclic) bond motifs is 2. The minimum atomic E-state index is -0.346. The van der Waals surface area contributed by atoms with Gasteiger partial charge in [0, 0.05) is 0 Å².